The van der Waals surface area contributed by atoms with E-state index in [4.69, 9.17) is 4.98 Å². The van der Waals surface area contributed by atoms with Crippen LogP contribution in [0.4, 0.5) is 0 Å². The minimum Gasteiger partial charge on any atom is -0.309 e. The van der Waals surface area contributed by atoms with Crippen LogP contribution in [0.1, 0.15) is 0 Å². The van der Waals surface area contributed by atoms with Gasteiger partial charge in [0, 0.05) is 45.1 Å². The van der Waals surface area contributed by atoms with E-state index in [0.29, 0.717) is 0 Å². The number of para-hydroxylation sites is 2. The van der Waals surface area contributed by atoms with Crippen LogP contribution in [0, 0.1) is 0 Å². The molecule has 0 atom stereocenters. The first kappa shape index (κ1) is 30.3. The van der Waals surface area contributed by atoms with E-state index in [0.717, 1.165) is 33.2 Å². The Morgan fingerprint density at radius 3 is 1.83 bits per heavy atom. The first-order valence-corrected chi connectivity index (χ1v) is 18.3. The van der Waals surface area contributed by atoms with Gasteiger partial charge in [0.15, 0.2) is 0 Å². The Balaban J connectivity index is 1.06. The molecule has 0 unspecified atom stereocenters. The van der Waals surface area contributed by atoms with E-state index in [1.165, 1.54) is 65.9 Å². The number of fused-ring (bicyclic) bond motifs is 7. The molecule has 0 amide bonds. The summed E-state index contributed by atoms with van der Waals surface area (Å²) in [5, 5.41) is 7.25. The fraction of sp³-hybridized carbons (Fsp3) is 0. The predicted molar refractivity (Wildman–Crippen MR) is 225 cm³/mol. The van der Waals surface area contributed by atoms with Gasteiger partial charge in [-0.25, -0.2) is 0 Å². The standard InChI is InChI=1S/C50H32N4/c1-2-11-34(12-3-1)41-14-6-8-16-46(41)54-47-17-9-7-15-42(47)44-28-38(21-23-49(44)54)37-20-22-48-45(29-37)43-24-25-51-32-50(43)53(48)40-27-39(30-52-31-40)36-19-18-33-10-4-5-13-35(33)26-36/h1-32H. The molecule has 4 aromatic heterocycles. The lowest BCUT2D eigenvalue weighted by atomic mass is 10.0. The highest BCUT2D eigenvalue weighted by atomic mass is 15.0. The molecule has 0 aliphatic carbocycles. The van der Waals surface area contributed by atoms with Gasteiger partial charge >= 0.3 is 0 Å². The van der Waals surface area contributed by atoms with Gasteiger partial charge < -0.3 is 9.13 Å². The molecule has 0 aliphatic heterocycles. The molecule has 0 saturated carbocycles. The predicted octanol–water partition coefficient (Wildman–Crippen LogP) is 12.8. The molecule has 7 aromatic carbocycles. The second kappa shape index (κ2) is 12.1. The molecule has 0 aliphatic rings. The van der Waals surface area contributed by atoms with Crippen molar-refractivity contribution in [2.75, 3.05) is 0 Å². The fourth-order valence-corrected chi connectivity index (χ4v) is 8.35. The summed E-state index contributed by atoms with van der Waals surface area (Å²) in [7, 11) is 0. The summed E-state index contributed by atoms with van der Waals surface area (Å²) >= 11 is 0. The van der Waals surface area contributed by atoms with Gasteiger partial charge in [-0.2, -0.15) is 0 Å². The molecule has 0 N–H and O–H groups in total. The van der Waals surface area contributed by atoms with Crippen LogP contribution in [0.25, 0.3) is 99.1 Å². The van der Waals surface area contributed by atoms with Gasteiger partial charge in [-0.3, -0.25) is 9.97 Å². The Bertz CT molecular complexity index is 3220. The third-order valence-corrected chi connectivity index (χ3v) is 10.9. The molecule has 54 heavy (non-hydrogen) atoms. The van der Waals surface area contributed by atoms with Gasteiger partial charge in [0.1, 0.15) is 0 Å². The number of benzene rings is 7. The third-order valence-electron chi connectivity index (χ3n) is 10.9. The smallest absolute Gasteiger partial charge is 0.0725 e. The maximum atomic E-state index is 4.73. The van der Waals surface area contributed by atoms with Crippen molar-refractivity contribution in [3.8, 4) is 44.8 Å². The highest BCUT2D eigenvalue weighted by Crippen LogP contribution is 2.40. The summed E-state index contributed by atoms with van der Waals surface area (Å²) in [6, 6.07) is 61.3. The topological polar surface area (TPSA) is 35.6 Å². The molecule has 0 radical (unpaired) electrons. The number of nitrogens with zero attached hydrogens (tertiary/aromatic N) is 4. The Hall–Kier alpha value is -7.30. The normalized spacial score (nSPS) is 11.7. The van der Waals surface area contributed by atoms with E-state index in [-0.39, 0.29) is 0 Å². The van der Waals surface area contributed by atoms with E-state index in [9.17, 15) is 0 Å². The van der Waals surface area contributed by atoms with Crippen molar-refractivity contribution in [3.05, 3.63) is 195 Å². The Morgan fingerprint density at radius 2 is 0.981 bits per heavy atom. The first-order valence-electron chi connectivity index (χ1n) is 18.3. The number of aromatic nitrogens is 4. The molecule has 0 bridgehead atoms. The molecule has 4 nitrogen and oxygen atoms in total. The van der Waals surface area contributed by atoms with Crippen LogP contribution in [0.5, 0.6) is 0 Å². The largest absolute Gasteiger partial charge is 0.309 e. The van der Waals surface area contributed by atoms with E-state index in [1.807, 2.05) is 24.8 Å². The number of rotatable bonds is 5. The van der Waals surface area contributed by atoms with Gasteiger partial charge in [-0.05, 0) is 87.6 Å². The van der Waals surface area contributed by atoms with Crippen LogP contribution < -0.4 is 0 Å². The average molecular weight is 689 g/mol. The summed E-state index contributed by atoms with van der Waals surface area (Å²) in [6.07, 6.45) is 7.75. The summed E-state index contributed by atoms with van der Waals surface area (Å²) in [6.45, 7) is 0. The fourth-order valence-electron chi connectivity index (χ4n) is 8.35. The van der Waals surface area contributed by atoms with Crippen molar-refractivity contribution < 1.29 is 0 Å². The number of hydrogen-bond acceptors (Lipinski definition) is 2. The zero-order valence-electron chi connectivity index (χ0n) is 29.3. The Morgan fingerprint density at radius 1 is 0.333 bits per heavy atom. The quantitative estimate of drug-likeness (QED) is 0.180. The lowest BCUT2D eigenvalue weighted by Gasteiger charge is -2.14. The Labute approximate surface area is 311 Å². The van der Waals surface area contributed by atoms with Crippen LogP contribution in [-0.4, -0.2) is 19.1 Å². The van der Waals surface area contributed by atoms with Crippen LogP contribution >= 0.6 is 0 Å². The molecule has 252 valence electrons. The Kier molecular flexibility index (Phi) is 6.82. The highest BCUT2D eigenvalue weighted by Gasteiger charge is 2.18. The van der Waals surface area contributed by atoms with Crippen LogP contribution in [-0.2, 0) is 0 Å². The zero-order chi connectivity index (χ0) is 35.6. The molecule has 0 fully saturated rings. The van der Waals surface area contributed by atoms with Crippen molar-refractivity contribution in [1.29, 1.82) is 0 Å². The second-order valence-corrected chi connectivity index (χ2v) is 13.9. The summed E-state index contributed by atoms with van der Waals surface area (Å²) in [5.41, 5.74) is 13.7. The molecule has 0 saturated heterocycles. The van der Waals surface area contributed by atoms with Gasteiger partial charge in [0.05, 0.1) is 45.8 Å². The van der Waals surface area contributed by atoms with Crippen LogP contribution in [0.3, 0.4) is 0 Å². The second-order valence-electron chi connectivity index (χ2n) is 13.9. The lowest BCUT2D eigenvalue weighted by molar-refractivity contribution is 1.13. The maximum Gasteiger partial charge on any atom is 0.0725 e. The monoisotopic (exact) mass is 688 g/mol. The lowest BCUT2D eigenvalue weighted by Crippen LogP contribution is -1.97. The number of pyridine rings is 2. The van der Waals surface area contributed by atoms with Crippen LogP contribution in [0.15, 0.2) is 195 Å². The molecule has 11 aromatic rings. The summed E-state index contributed by atoms with van der Waals surface area (Å²) in [5.74, 6) is 0. The third kappa shape index (κ3) is 4.78. The molecule has 4 heteroatoms. The van der Waals surface area contributed by atoms with E-state index in [2.05, 4.69) is 184 Å². The van der Waals surface area contributed by atoms with Crippen molar-refractivity contribution in [2.45, 2.75) is 0 Å². The maximum absolute atomic E-state index is 4.73. The average Bonchev–Trinajstić information content (AvgIpc) is 3.76. The zero-order valence-corrected chi connectivity index (χ0v) is 29.3. The highest BCUT2D eigenvalue weighted by molar-refractivity contribution is 6.13. The van der Waals surface area contributed by atoms with Crippen molar-refractivity contribution in [1.82, 2.24) is 19.1 Å². The van der Waals surface area contributed by atoms with Gasteiger partial charge in [-0.1, -0.05) is 115 Å². The molecular formula is C50H32N4. The van der Waals surface area contributed by atoms with Crippen molar-refractivity contribution in [2.24, 2.45) is 0 Å². The minimum absolute atomic E-state index is 1.01. The van der Waals surface area contributed by atoms with Gasteiger partial charge in [0.25, 0.3) is 0 Å². The summed E-state index contributed by atoms with van der Waals surface area (Å²) < 4.78 is 4.71. The van der Waals surface area contributed by atoms with E-state index < -0.39 is 0 Å². The van der Waals surface area contributed by atoms with E-state index in [1.54, 1.807) is 0 Å². The van der Waals surface area contributed by atoms with Crippen molar-refractivity contribution in [3.63, 3.8) is 0 Å². The summed E-state index contributed by atoms with van der Waals surface area (Å²) in [4.78, 5) is 9.29. The molecule has 11 rings (SSSR count). The van der Waals surface area contributed by atoms with Crippen molar-refractivity contribution >= 4 is 54.4 Å². The van der Waals surface area contributed by atoms with Crippen LogP contribution in [0.2, 0.25) is 0 Å². The molecular weight excluding hydrogens is 657 g/mol. The molecule has 0 spiro atoms. The van der Waals surface area contributed by atoms with Gasteiger partial charge in [-0.15, -0.1) is 0 Å². The molecule has 4 heterocycles. The van der Waals surface area contributed by atoms with Gasteiger partial charge in [0.2, 0.25) is 0 Å². The SMILES string of the molecule is c1ccc(-c2ccccc2-n2c3ccccc3c3cc(-c4ccc5c(c4)c4ccncc4n5-c4cncc(-c5ccc6ccccc6c5)c4)ccc32)cc1. The van der Waals surface area contributed by atoms with E-state index >= 15 is 0 Å². The number of hydrogen-bond donors (Lipinski definition) is 0. The minimum atomic E-state index is 1.01. The first-order chi connectivity index (χ1) is 26.8.